The van der Waals surface area contributed by atoms with E-state index in [2.05, 4.69) is 5.32 Å². The Bertz CT molecular complexity index is 909. The maximum absolute atomic E-state index is 12.3. The van der Waals surface area contributed by atoms with Gasteiger partial charge in [-0.1, -0.05) is 18.5 Å². The number of hydrogen-bond donors (Lipinski definition) is 1. The Balaban J connectivity index is 2.24. The predicted molar refractivity (Wildman–Crippen MR) is 99.7 cm³/mol. The minimum Gasteiger partial charge on any atom is -0.462 e. The lowest BCUT2D eigenvalue weighted by molar-refractivity contribution is -0.393. The third-order valence-corrected chi connectivity index (χ3v) is 3.89. The highest BCUT2D eigenvalue weighted by Gasteiger charge is 2.27. The van der Waals surface area contributed by atoms with Gasteiger partial charge in [0.25, 0.3) is 17.3 Å². The number of benzene rings is 2. The molecule has 0 saturated carbocycles. The molecule has 11 heteroatoms. The lowest BCUT2D eigenvalue weighted by atomic mass is 10.1. The van der Waals surface area contributed by atoms with Crippen molar-refractivity contribution in [2.24, 2.45) is 0 Å². The van der Waals surface area contributed by atoms with Crippen molar-refractivity contribution in [3.63, 3.8) is 0 Å². The standard InChI is InChI=1S/C17H14ClN3O7/c1-2-7-28-17(23)10-3-5-12(6-4-10)19-16(22)11-8-13(20(24)25)15(18)14(9-11)21(26)27/h3-6,8-9H,2,7H2,1H3,(H,19,22). The van der Waals surface area contributed by atoms with Crippen molar-refractivity contribution in [1.29, 1.82) is 0 Å². The van der Waals surface area contributed by atoms with Crippen LogP contribution in [-0.2, 0) is 4.74 Å². The van der Waals surface area contributed by atoms with E-state index in [1.54, 1.807) is 0 Å². The van der Waals surface area contributed by atoms with Crippen LogP contribution < -0.4 is 5.32 Å². The molecule has 0 unspecified atom stereocenters. The molecule has 0 bridgehead atoms. The Morgan fingerprint density at radius 3 is 2.04 bits per heavy atom. The first-order valence-corrected chi connectivity index (χ1v) is 8.33. The van der Waals surface area contributed by atoms with Crippen LogP contribution in [0.2, 0.25) is 5.02 Å². The Kier molecular flexibility index (Phi) is 6.61. The average molecular weight is 408 g/mol. The van der Waals surface area contributed by atoms with E-state index in [1.807, 2.05) is 6.92 Å². The van der Waals surface area contributed by atoms with Gasteiger partial charge in [-0.15, -0.1) is 0 Å². The van der Waals surface area contributed by atoms with E-state index in [4.69, 9.17) is 16.3 Å². The summed E-state index contributed by atoms with van der Waals surface area (Å²) in [4.78, 5) is 44.3. The summed E-state index contributed by atoms with van der Waals surface area (Å²) in [6, 6.07) is 7.42. The van der Waals surface area contributed by atoms with Gasteiger partial charge in [-0.2, -0.15) is 0 Å². The first kappa shape index (κ1) is 20.8. The molecule has 0 radical (unpaired) electrons. The smallest absolute Gasteiger partial charge is 0.338 e. The largest absolute Gasteiger partial charge is 0.462 e. The summed E-state index contributed by atoms with van der Waals surface area (Å²) in [5, 5.41) is 23.8. The summed E-state index contributed by atoms with van der Waals surface area (Å²) in [6.45, 7) is 2.14. The molecule has 1 N–H and O–H groups in total. The fourth-order valence-electron chi connectivity index (χ4n) is 2.16. The number of anilines is 1. The van der Waals surface area contributed by atoms with Crippen LogP contribution in [-0.4, -0.2) is 28.3 Å². The Morgan fingerprint density at radius 1 is 1.04 bits per heavy atom. The van der Waals surface area contributed by atoms with Gasteiger partial charge in [0.2, 0.25) is 0 Å². The second-order valence-corrected chi connectivity index (χ2v) is 5.89. The second kappa shape index (κ2) is 8.91. The van der Waals surface area contributed by atoms with Crippen LogP contribution in [0.25, 0.3) is 0 Å². The number of carbonyl (C=O) groups is 2. The van der Waals surface area contributed by atoms with Crippen molar-refractivity contribution in [3.05, 3.63) is 72.8 Å². The zero-order valence-corrected chi connectivity index (χ0v) is 15.3. The van der Waals surface area contributed by atoms with Crippen LogP contribution in [0.15, 0.2) is 36.4 Å². The summed E-state index contributed by atoms with van der Waals surface area (Å²) < 4.78 is 4.98. The van der Waals surface area contributed by atoms with Crippen LogP contribution in [0.3, 0.4) is 0 Å². The van der Waals surface area contributed by atoms with Crippen LogP contribution >= 0.6 is 11.6 Å². The average Bonchev–Trinajstić information content (AvgIpc) is 2.66. The highest BCUT2D eigenvalue weighted by atomic mass is 35.5. The van der Waals surface area contributed by atoms with Gasteiger partial charge < -0.3 is 10.1 Å². The molecule has 2 aromatic carbocycles. The van der Waals surface area contributed by atoms with Gasteiger partial charge in [-0.05, 0) is 30.7 Å². The molecule has 0 spiro atoms. The van der Waals surface area contributed by atoms with E-state index in [9.17, 15) is 29.8 Å². The summed E-state index contributed by atoms with van der Waals surface area (Å²) >= 11 is 5.66. The van der Waals surface area contributed by atoms with E-state index < -0.39 is 38.1 Å². The lowest BCUT2D eigenvalue weighted by Crippen LogP contribution is -2.13. The number of nitrogens with one attached hydrogen (secondary N) is 1. The molecule has 28 heavy (non-hydrogen) atoms. The predicted octanol–water partition coefficient (Wildman–Crippen LogP) is 3.98. The minimum absolute atomic E-state index is 0.275. The van der Waals surface area contributed by atoms with Crippen molar-refractivity contribution < 1.29 is 24.2 Å². The van der Waals surface area contributed by atoms with Crippen LogP contribution in [0.4, 0.5) is 17.1 Å². The Morgan fingerprint density at radius 2 is 1.57 bits per heavy atom. The molecule has 0 saturated heterocycles. The molecular formula is C17H14ClN3O7. The van der Waals surface area contributed by atoms with Gasteiger partial charge in [-0.25, -0.2) is 4.79 Å². The zero-order valence-electron chi connectivity index (χ0n) is 14.5. The van der Waals surface area contributed by atoms with Crippen molar-refractivity contribution in [2.75, 3.05) is 11.9 Å². The maximum Gasteiger partial charge on any atom is 0.338 e. The first-order chi connectivity index (χ1) is 13.2. The second-order valence-electron chi connectivity index (χ2n) is 5.51. The van der Waals surface area contributed by atoms with Crippen molar-refractivity contribution in [3.8, 4) is 0 Å². The molecule has 0 aliphatic rings. The van der Waals surface area contributed by atoms with Crippen molar-refractivity contribution in [1.82, 2.24) is 0 Å². The number of rotatable bonds is 7. The number of ether oxygens (including phenoxy) is 1. The fourth-order valence-corrected chi connectivity index (χ4v) is 2.41. The number of halogens is 1. The molecule has 2 rings (SSSR count). The third kappa shape index (κ3) is 4.80. The highest BCUT2D eigenvalue weighted by molar-refractivity contribution is 6.35. The third-order valence-electron chi connectivity index (χ3n) is 3.51. The number of nitrogens with zero attached hydrogens (tertiary/aromatic N) is 2. The molecule has 0 aliphatic heterocycles. The highest BCUT2D eigenvalue weighted by Crippen LogP contribution is 2.35. The van der Waals surface area contributed by atoms with Gasteiger partial charge in [-0.3, -0.25) is 25.0 Å². The van der Waals surface area contributed by atoms with Crippen molar-refractivity contribution in [2.45, 2.75) is 13.3 Å². The Hall–Kier alpha value is -3.53. The number of esters is 1. The van der Waals surface area contributed by atoms with E-state index in [0.29, 0.717) is 6.42 Å². The van der Waals surface area contributed by atoms with Crippen molar-refractivity contribution >= 4 is 40.5 Å². The monoisotopic (exact) mass is 407 g/mol. The first-order valence-electron chi connectivity index (χ1n) is 7.95. The minimum atomic E-state index is -0.914. The molecule has 1 amide bonds. The number of carbonyl (C=O) groups excluding carboxylic acids is 2. The maximum atomic E-state index is 12.3. The van der Waals surface area contributed by atoms with Gasteiger partial charge in [0.15, 0.2) is 5.02 Å². The SMILES string of the molecule is CCCOC(=O)c1ccc(NC(=O)c2cc([N+](=O)[O-])c(Cl)c([N+](=O)[O-])c2)cc1. The molecule has 0 fully saturated rings. The quantitative estimate of drug-likeness (QED) is 0.415. The molecule has 10 nitrogen and oxygen atoms in total. The van der Waals surface area contributed by atoms with Crippen LogP contribution in [0.1, 0.15) is 34.1 Å². The van der Waals surface area contributed by atoms with Gasteiger partial charge in [0.1, 0.15) is 0 Å². The zero-order chi connectivity index (χ0) is 20.8. The molecule has 0 aliphatic carbocycles. The molecule has 2 aromatic rings. The number of nitro groups is 2. The number of hydrogen-bond acceptors (Lipinski definition) is 7. The van der Waals surface area contributed by atoms with Gasteiger partial charge in [0.05, 0.1) is 27.6 Å². The van der Waals surface area contributed by atoms with Crippen LogP contribution in [0.5, 0.6) is 0 Å². The summed E-state index contributed by atoms with van der Waals surface area (Å²) in [5.41, 5.74) is -1.26. The van der Waals surface area contributed by atoms with Gasteiger partial charge >= 0.3 is 5.97 Å². The van der Waals surface area contributed by atoms with Crippen LogP contribution in [0, 0.1) is 20.2 Å². The fraction of sp³-hybridized carbons (Fsp3) is 0.176. The van der Waals surface area contributed by atoms with E-state index in [-0.39, 0.29) is 23.4 Å². The number of amides is 1. The molecule has 0 aromatic heterocycles. The van der Waals surface area contributed by atoms with E-state index in [0.717, 1.165) is 12.1 Å². The number of nitro benzene ring substituents is 2. The normalized spacial score (nSPS) is 10.2. The van der Waals surface area contributed by atoms with Gasteiger partial charge in [0, 0.05) is 17.8 Å². The molecule has 0 atom stereocenters. The summed E-state index contributed by atoms with van der Waals surface area (Å²) in [7, 11) is 0. The van der Waals surface area contributed by atoms with E-state index >= 15 is 0 Å². The summed E-state index contributed by atoms with van der Waals surface area (Å²) in [5.74, 6) is -1.33. The summed E-state index contributed by atoms with van der Waals surface area (Å²) in [6.07, 6.45) is 0.680. The topological polar surface area (TPSA) is 142 Å². The van der Waals surface area contributed by atoms with E-state index in [1.165, 1.54) is 24.3 Å². The molecule has 0 heterocycles. The molecule has 146 valence electrons. The Labute approximate surface area is 163 Å². The molecular weight excluding hydrogens is 394 g/mol. The lowest BCUT2D eigenvalue weighted by Gasteiger charge is -2.07.